The van der Waals surface area contributed by atoms with Crippen molar-refractivity contribution >= 4 is 11.8 Å². The topological polar surface area (TPSA) is 49.9 Å². The van der Waals surface area contributed by atoms with Gasteiger partial charge < -0.3 is 14.5 Å². The number of hydrogen-bond acceptors (Lipinski definition) is 3. The molecule has 2 amide bonds. The van der Waals surface area contributed by atoms with Gasteiger partial charge in [0, 0.05) is 24.7 Å². The monoisotopic (exact) mass is 434 g/mol. The van der Waals surface area contributed by atoms with Crippen molar-refractivity contribution in [1.82, 2.24) is 9.80 Å². The predicted octanol–water partition coefficient (Wildman–Crippen LogP) is 5.18. The highest BCUT2D eigenvalue weighted by atomic mass is 16.5. The Morgan fingerprint density at radius 1 is 1.00 bits per heavy atom. The maximum Gasteiger partial charge on any atom is 0.254 e. The van der Waals surface area contributed by atoms with Gasteiger partial charge in [0.1, 0.15) is 5.75 Å². The van der Waals surface area contributed by atoms with Crippen LogP contribution in [0.2, 0.25) is 0 Å². The molecule has 2 aromatic rings. The number of nitrogens with zero attached hydrogens (tertiary/aromatic N) is 2. The van der Waals surface area contributed by atoms with Gasteiger partial charge in [-0.1, -0.05) is 49.6 Å². The highest BCUT2D eigenvalue weighted by Gasteiger charge is 2.47. The summed E-state index contributed by atoms with van der Waals surface area (Å²) in [4.78, 5) is 31.8. The van der Waals surface area contributed by atoms with Crippen LogP contribution in [-0.2, 0) is 4.79 Å². The Kier molecular flexibility index (Phi) is 6.83. The summed E-state index contributed by atoms with van der Waals surface area (Å²) >= 11 is 0. The summed E-state index contributed by atoms with van der Waals surface area (Å²) < 4.78 is 5.37. The van der Waals surface area contributed by atoms with Crippen LogP contribution in [0.15, 0.2) is 48.5 Å². The van der Waals surface area contributed by atoms with E-state index in [2.05, 4.69) is 4.90 Å². The van der Waals surface area contributed by atoms with Gasteiger partial charge in [0.25, 0.3) is 5.91 Å². The van der Waals surface area contributed by atoms with E-state index in [0.29, 0.717) is 18.7 Å². The Morgan fingerprint density at radius 3 is 2.28 bits per heavy atom. The highest BCUT2D eigenvalue weighted by molar-refractivity contribution is 6.01. The molecule has 0 bridgehead atoms. The summed E-state index contributed by atoms with van der Waals surface area (Å²) in [6.07, 6.45) is 5.45. The van der Waals surface area contributed by atoms with Gasteiger partial charge in [0.05, 0.1) is 19.1 Å². The lowest BCUT2D eigenvalue weighted by molar-refractivity contribution is -0.134. The van der Waals surface area contributed by atoms with Gasteiger partial charge in [-0.15, -0.1) is 0 Å². The van der Waals surface area contributed by atoms with E-state index in [1.54, 1.807) is 7.11 Å². The normalized spacial score (nSPS) is 21.2. The zero-order chi connectivity index (χ0) is 22.7. The number of methoxy groups -OCH3 is 1. The smallest absolute Gasteiger partial charge is 0.254 e. The van der Waals surface area contributed by atoms with Gasteiger partial charge >= 0.3 is 0 Å². The van der Waals surface area contributed by atoms with Crippen LogP contribution in [0.3, 0.4) is 0 Å². The first-order valence-electron chi connectivity index (χ1n) is 11.9. The second-order valence-electron chi connectivity index (χ2n) is 8.80. The predicted molar refractivity (Wildman–Crippen MR) is 126 cm³/mol. The van der Waals surface area contributed by atoms with Crippen molar-refractivity contribution in [3.8, 4) is 5.75 Å². The second kappa shape index (κ2) is 9.76. The van der Waals surface area contributed by atoms with Crippen LogP contribution in [0.4, 0.5) is 0 Å². The largest absolute Gasteiger partial charge is 0.497 e. The van der Waals surface area contributed by atoms with Gasteiger partial charge in [0.15, 0.2) is 0 Å². The molecule has 5 heteroatoms. The minimum Gasteiger partial charge on any atom is -0.497 e. The van der Waals surface area contributed by atoms with Crippen LogP contribution in [0.25, 0.3) is 0 Å². The van der Waals surface area contributed by atoms with E-state index < -0.39 is 5.92 Å². The molecule has 32 heavy (non-hydrogen) atoms. The molecular weight excluding hydrogens is 400 g/mol. The molecular formula is C27H34N2O3. The second-order valence-corrected chi connectivity index (χ2v) is 8.80. The zero-order valence-corrected chi connectivity index (χ0v) is 19.4. The average Bonchev–Trinajstić information content (AvgIpc) is 2.85. The lowest BCUT2D eigenvalue weighted by Crippen LogP contribution is -2.52. The van der Waals surface area contributed by atoms with Crippen molar-refractivity contribution in [2.75, 3.05) is 20.2 Å². The lowest BCUT2D eigenvalue weighted by atomic mass is 9.77. The van der Waals surface area contributed by atoms with Crippen molar-refractivity contribution in [3.05, 3.63) is 65.2 Å². The van der Waals surface area contributed by atoms with E-state index in [4.69, 9.17) is 4.74 Å². The molecule has 5 nitrogen and oxygen atoms in total. The fourth-order valence-corrected chi connectivity index (χ4v) is 5.47. The molecule has 1 fully saturated rings. The van der Waals surface area contributed by atoms with Gasteiger partial charge in [-0.25, -0.2) is 0 Å². The number of hydrogen-bond donors (Lipinski definition) is 0. The summed E-state index contributed by atoms with van der Waals surface area (Å²) in [7, 11) is 1.65. The first kappa shape index (κ1) is 22.4. The fraction of sp³-hybridized carbons (Fsp3) is 0.481. The molecule has 4 rings (SSSR count). The summed E-state index contributed by atoms with van der Waals surface area (Å²) in [5, 5.41) is 0. The zero-order valence-electron chi connectivity index (χ0n) is 19.4. The summed E-state index contributed by atoms with van der Waals surface area (Å²) in [6.45, 7) is 5.34. The van der Waals surface area contributed by atoms with Crippen LogP contribution < -0.4 is 4.74 Å². The van der Waals surface area contributed by atoms with Crippen LogP contribution in [0.1, 0.15) is 79.4 Å². The first-order valence-corrected chi connectivity index (χ1v) is 11.9. The third kappa shape index (κ3) is 4.01. The molecule has 170 valence electrons. The maximum absolute atomic E-state index is 13.9. The third-order valence-corrected chi connectivity index (χ3v) is 7.14. The van der Waals surface area contributed by atoms with Crippen LogP contribution in [0, 0.1) is 0 Å². The van der Waals surface area contributed by atoms with Gasteiger partial charge in [-0.3, -0.25) is 9.59 Å². The molecule has 1 saturated carbocycles. The molecule has 2 aliphatic rings. The van der Waals surface area contributed by atoms with E-state index in [-0.39, 0.29) is 23.9 Å². The Bertz CT molecular complexity index is 946. The molecule has 1 heterocycles. The minimum absolute atomic E-state index is 0.0527. The Labute approximate surface area is 191 Å². The van der Waals surface area contributed by atoms with E-state index in [0.717, 1.165) is 42.6 Å². The van der Waals surface area contributed by atoms with Gasteiger partial charge in [0.2, 0.25) is 5.91 Å². The molecule has 1 aliphatic heterocycles. The molecule has 0 N–H and O–H groups in total. The summed E-state index contributed by atoms with van der Waals surface area (Å²) in [5.41, 5.74) is 2.51. The number of rotatable bonds is 6. The maximum atomic E-state index is 13.9. The molecule has 0 spiro atoms. The number of fused-ring (bicyclic) bond motifs is 1. The Morgan fingerprint density at radius 2 is 1.66 bits per heavy atom. The Hall–Kier alpha value is -2.82. The summed E-state index contributed by atoms with van der Waals surface area (Å²) in [6, 6.07) is 15.4. The first-order chi connectivity index (χ1) is 15.6. The molecule has 2 atom stereocenters. The number of likely N-dealkylation sites (N-methyl/N-ethyl adjacent to an activating group) is 1. The van der Waals surface area contributed by atoms with E-state index >= 15 is 0 Å². The SMILES string of the molecule is CCN(CC)C(=O)[C@H]1c2ccccc2C(=O)N(C2CCCCC2)[C@@H]1c1ccc(OC)cc1. The standard InChI is InChI=1S/C27H34N2O3/c1-4-28(5-2)27(31)24-22-13-9-10-14-23(22)26(30)29(20-11-7-6-8-12-20)25(24)19-15-17-21(32-3)18-16-19/h9-10,13-18,20,24-25H,4-8,11-12H2,1-3H3/t24-,25+/m0/s1. The Balaban J connectivity index is 1.89. The quantitative estimate of drug-likeness (QED) is 0.630. The van der Waals surface area contributed by atoms with Crippen molar-refractivity contribution < 1.29 is 14.3 Å². The molecule has 0 radical (unpaired) electrons. The molecule has 0 aromatic heterocycles. The minimum atomic E-state index is -0.417. The number of amides is 2. The number of benzene rings is 2. The molecule has 2 aromatic carbocycles. The lowest BCUT2D eigenvalue weighted by Gasteiger charge is -2.47. The number of carbonyl (C=O) groups is 2. The molecule has 0 unspecified atom stereocenters. The number of carbonyl (C=O) groups excluding carboxylic acids is 2. The fourth-order valence-electron chi connectivity index (χ4n) is 5.47. The third-order valence-electron chi connectivity index (χ3n) is 7.14. The van der Waals surface area contributed by atoms with Crippen molar-refractivity contribution in [1.29, 1.82) is 0 Å². The van der Waals surface area contributed by atoms with E-state index in [9.17, 15) is 9.59 Å². The van der Waals surface area contributed by atoms with E-state index in [1.165, 1.54) is 6.42 Å². The van der Waals surface area contributed by atoms with Crippen LogP contribution in [0.5, 0.6) is 5.75 Å². The number of ether oxygens (including phenoxy) is 1. The molecule has 0 saturated heterocycles. The average molecular weight is 435 g/mol. The van der Waals surface area contributed by atoms with E-state index in [1.807, 2.05) is 67.3 Å². The van der Waals surface area contributed by atoms with Crippen molar-refractivity contribution in [2.24, 2.45) is 0 Å². The van der Waals surface area contributed by atoms with Crippen molar-refractivity contribution in [3.63, 3.8) is 0 Å². The van der Waals surface area contributed by atoms with Crippen LogP contribution in [-0.4, -0.2) is 47.9 Å². The van der Waals surface area contributed by atoms with Gasteiger partial charge in [-0.05, 0) is 56.0 Å². The molecule has 1 aliphatic carbocycles. The van der Waals surface area contributed by atoms with Gasteiger partial charge in [-0.2, -0.15) is 0 Å². The highest BCUT2D eigenvalue weighted by Crippen LogP contribution is 2.46. The summed E-state index contributed by atoms with van der Waals surface area (Å²) in [5.74, 6) is 0.500. The van der Waals surface area contributed by atoms with Crippen molar-refractivity contribution in [2.45, 2.75) is 64.0 Å². The van der Waals surface area contributed by atoms with Crippen LogP contribution >= 0.6 is 0 Å².